The van der Waals surface area contributed by atoms with Gasteiger partial charge in [-0.3, -0.25) is 0 Å². The van der Waals surface area contributed by atoms with Gasteiger partial charge in [0, 0.05) is 22.2 Å². The van der Waals surface area contributed by atoms with Crippen molar-refractivity contribution in [2.24, 2.45) is 11.7 Å². The first-order valence-corrected chi connectivity index (χ1v) is 7.36. The van der Waals surface area contributed by atoms with Gasteiger partial charge in [0.1, 0.15) is 0 Å². The summed E-state index contributed by atoms with van der Waals surface area (Å²) in [6.45, 7) is 0. The first-order valence-electron chi connectivity index (χ1n) is 6.57. The SMILES string of the molecule is NC1c2ccc(Br)cc2NC2CCCCCC21. The molecule has 3 rings (SSSR count). The highest BCUT2D eigenvalue weighted by Crippen LogP contribution is 2.41. The zero-order valence-corrected chi connectivity index (χ0v) is 11.5. The van der Waals surface area contributed by atoms with Gasteiger partial charge < -0.3 is 11.1 Å². The molecule has 0 bridgehead atoms. The molecule has 1 fully saturated rings. The van der Waals surface area contributed by atoms with E-state index < -0.39 is 0 Å². The molecule has 3 unspecified atom stereocenters. The normalized spacial score (nSPS) is 32.0. The number of nitrogens with two attached hydrogens (primary N) is 1. The first-order chi connectivity index (χ1) is 8.25. The predicted octanol–water partition coefficient (Wildman–Crippen LogP) is 3.82. The zero-order valence-electron chi connectivity index (χ0n) is 9.95. The van der Waals surface area contributed by atoms with Crippen molar-refractivity contribution in [3.05, 3.63) is 28.2 Å². The minimum Gasteiger partial charge on any atom is -0.382 e. The Labute approximate surface area is 111 Å². The molecule has 1 aliphatic carbocycles. The van der Waals surface area contributed by atoms with Crippen molar-refractivity contribution in [2.75, 3.05) is 5.32 Å². The summed E-state index contributed by atoms with van der Waals surface area (Å²) in [7, 11) is 0. The van der Waals surface area contributed by atoms with Gasteiger partial charge >= 0.3 is 0 Å². The van der Waals surface area contributed by atoms with Crippen molar-refractivity contribution < 1.29 is 0 Å². The molecule has 0 amide bonds. The second-order valence-corrected chi connectivity index (χ2v) is 6.23. The monoisotopic (exact) mass is 294 g/mol. The standard InChI is InChI=1S/C14H19BrN2/c15-9-6-7-11-13(8-9)17-12-5-3-1-2-4-10(12)14(11)16/h6-8,10,12,14,17H,1-5,16H2. The predicted molar refractivity (Wildman–Crippen MR) is 75.1 cm³/mol. The molecule has 1 aromatic rings. The van der Waals surface area contributed by atoms with E-state index in [1.807, 2.05) is 0 Å². The molecule has 0 aromatic heterocycles. The fraction of sp³-hybridized carbons (Fsp3) is 0.571. The van der Waals surface area contributed by atoms with Crippen LogP contribution in [0.25, 0.3) is 0 Å². The largest absolute Gasteiger partial charge is 0.382 e. The van der Waals surface area contributed by atoms with E-state index in [1.165, 1.54) is 43.4 Å². The fourth-order valence-electron chi connectivity index (χ4n) is 3.32. The minimum atomic E-state index is 0.211. The van der Waals surface area contributed by atoms with Crippen LogP contribution in [0.15, 0.2) is 22.7 Å². The van der Waals surface area contributed by atoms with Gasteiger partial charge in [0.15, 0.2) is 0 Å². The number of benzene rings is 1. The second-order valence-electron chi connectivity index (χ2n) is 5.31. The van der Waals surface area contributed by atoms with E-state index in [4.69, 9.17) is 5.73 Å². The average molecular weight is 295 g/mol. The molecule has 0 radical (unpaired) electrons. The summed E-state index contributed by atoms with van der Waals surface area (Å²) in [5.74, 6) is 0.617. The molecule has 1 aromatic carbocycles. The van der Waals surface area contributed by atoms with Crippen LogP contribution in [-0.4, -0.2) is 6.04 Å². The Kier molecular flexibility index (Phi) is 3.14. The van der Waals surface area contributed by atoms with E-state index in [-0.39, 0.29) is 6.04 Å². The molecule has 0 saturated heterocycles. The van der Waals surface area contributed by atoms with Gasteiger partial charge in [-0.25, -0.2) is 0 Å². The van der Waals surface area contributed by atoms with Crippen LogP contribution >= 0.6 is 15.9 Å². The van der Waals surface area contributed by atoms with E-state index >= 15 is 0 Å². The smallest absolute Gasteiger partial charge is 0.0402 e. The molecule has 0 spiro atoms. The molecule has 3 N–H and O–H groups in total. The minimum absolute atomic E-state index is 0.211. The third kappa shape index (κ3) is 2.11. The molecular formula is C14H19BrN2. The number of rotatable bonds is 0. The number of hydrogen-bond acceptors (Lipinski definition) is 2. The lowest BCUT2D eigenvalue weighted by Gasteiger charge is -2.38. The molecule has 1 saturated carbocycles. The van der Waals surface area contributed by atoms with Gasteiger partial charge in [0.2, 0.25) is 0 Å². The second kappa shape index (κ2) is 4.62. The van der Waals surface area contributed by atoms with Crippen LogP contribution in [0.1, 0.15) is 43.7 Å². The zero-order chi connectivity index (χ0) is 11.8. The van der Waals surface area contributed by atoms with Gasteiger partial charge in [0.05, 0.1) is 0 Å². The molecule has 2 nitrogen and oxygen atoms in total. The van der Waals surface area contributed by atoms with E-state index in [0.29, 0.717) is 12.0 Å². The maximum atomic E-state index is 6.47. The van der Waals surface area contributed by atoms with E-state index in [1.54, 1.807) is 0 Å². The summed E-state index contributed by atoms with van der Waals surface area (Å²) < 4.78 is 1.13. The van der Waals surface area contributed by atoms with Crippen LogP contribution in [0.5, 0.6) is 0 Å². The van der Waals surface area contributed by atoms with Crippen molar-refractivity contribution in [3.8, 4) is 0 Å². The highest BCUT2D eigenvalue weighted by atomic mass is 79.9. The van der Waals surface area contributed by atoms with E-state index in [0.717, 1.165) is 4.47 Å². The van der Waals surface area contributed by atoms with Crippen LogP contribution in [0.2, 0.25) is 0 Å². The highest BCUT2D eigenvalue weighted by molar-refractivity contribution is 9.10. The Bertz CT molecular complexity index is 419. The quantitative estimate of drug-likeness (QED) is 0.763. The van der Waals surface area contributed by atoms with Crippen molar-refractivity contribution in [1.82, 2.24) is 0 Å². The molecule has 3 atom stereocenters. The summed E-state index contributed by atoms with van der Waals surface area (Å²) in [5, 5.41) is 3.70. The van der Waals surface area contributed by atoms with Gasteiger partial charge in [-0.15, -0.1) is 0 Å². The van der Waals surface area contributed by atoms with Crippen LogP contribution in [-0.2, 0) is 0 Å². The van der Waals surface area contributed by atoms with Crippen LogP contribution < -0.4 is 11.1 Å². The number of nitrogens with one attached hydrogen (secondary N) is 1. The highest BCUT2D eigenvalue weighted by Gasteiger charge is 2.34. The van der Waals surface area contributed by atoms with Crippen molar-refractivity contribution in [2.45, 2.75) is 44.2 Å². The Morgan fingerprint density at radius 3 is 2.88 bits per heavy atom. The third-order valence-electron chi connectivity index (χ3n) is 4.25. The van der Waals surface area contributed by atoms with Crippen molar-refractivity contribution in [1.29, 1.82) is 0 Å². The van der Waals surface area contributed by atoms with Crippen LogP contribution in [0, 0.1) is 5.92 Å². The average Bonchev–Trinajstić information content (AvgIpc) is 2.54. The van der Waals surface area contributed by atoms with E-state index in [9.17, 15) is 0 Å². The number of hydrogen-bond donors (Lipinski definition) is 2. The molecular weight excluding hydrogens is 276 g/mol. The maximum Gasteiger partial charge on any atom is 0.0402 e. The molecule has 3 heteroatoms. The fourth-order valence-corrected chi connectivity index (χ4v) is 3.68. The lowest BCUT2D eigenvalue weighted by molar-refractivity contribution is 0.340. The Morgan fingerprint density at radius 2 is 2.00 bits per heavy atom. The summed E-state index contributed by atoms with van der Waals surface area (Å²) in [6, 6.07) is 7.21. The Hall–Kier alpha value is -0.540. The summed E-state index contributed by atoms with van der Waals surface area (Å²) in [6.07, 6.45) is 6.58. The Morgan fingerprint density at radius 1 is 1.18 bits per heavy atom. The topological polar surface area (TPSA) is 38.0 Å². The third-order valence-corrected chi connectivity index (χ3v) is 4.74. The van der Waals surface area contributed by atoms with Gasteiger partial charge in [-0.1, -0.05) is 41.3 Å². The van der Waals surface area contributed by atoms with Gasteiger partial charge in [0.25, 0.3) is 0 Å². The summed E-state index contributed by atoms with van der Waals surface area (Å²) in [5.41, 5.74) is 8.98. The molecule has 1 heterocycles. The van der Waals surface area contributed by atoms with Gasteiger partial charge in [-0.05, 0) is 36.5 Å². The summed E-state index contributed by atoms with van der Waals surface area (Å²) in [4.78, 5) is 0. The molecule has 92 valence electrons. The van der Waals surface area contributed by atoms with E-state index in [2.05, 4.69) is 39.4 Å². The number of anilines is 1. The number of halogens is 1. The molecule has 17 heavy (non-hydrogen) atoms. The lowest BCUT2D eigenvalue weighted by Crippen LogP contribution is -2.40. The Balaban J connectivity index is 1.97. The summed E-state index contributed by atoms with van der Waals surface area (Å²) >= 11 is 3.53. The molecule has 2 aliphatic rings. The number of fused-ring (bicyclic) bond motifs is 2. The van der Waals surface area contributed by atoms with Crippen molar-refractivity contribution in [3.63, 3.8) is 0 Å². The lowest BCUT2D eigenvalue weighted by atomic mass is 9.80. The van der Waals surface area contributed by atoms with Gasteiger partial charge in [-0.2, -0.15) is 0 Å². The molecule has 1 aliphatic heterocycles. The van der Waals surface area contributed by atoms with Crippen LogP contribution in [0.3, 0.4) is 0 Å². The first kappa shape index (κ1) is 11.5. The van der Waals surface area contributed by atoms with Crippen LogP contribution in [0.4, 0.5) is 5.69 Å². The maximum absolute atomic E-state index is 6.47. The van der Waals surface area contributed by atoms with Crippen molar-refractivity contribution >= 4 is 21.6 Å².